The first-order valence-electron chi connectivity index (χ1n) is 41.4. The molecule has 27 atom stereocenters. The van der Waals surface area contributed by atoms with E-state index in [0.717, 1.165) is 49.5 Å². The van der Waals surface area contributed by atoms with Crippen molar-refractivity contribution in [3.05, 3.63) is 147 Å². The van der Waals surface area contributed by atoms with Crippen molar-refractivity contribution >= 4 is 116 Å². The average molecular weight is 2080 g/mol. The number of aromatic nitrogens is 20. The number of nitrogen functional groups attached to an aromatic ring is 6. The van der Waals surface area contributed by atoms with Gasteiger partial charge in [-0.2, -0.15) is 24.9 Å². The summed E-state index contributed by atoms with van der Waals surface area (Å²) in [5, 5.41) is 10.3. The summed E-state index contributed by atoms with van der Waals surface area (Å²) >= 11 is 0. The molecule has 0 aliphatic carbocycles. The third-order valence-electron chi connectivity index (χ3n) is 22.7. The van der Waals surface area contributed by atoms with Gasteiger partial charge in [0.25, 0.3) is 16.7 Å². The lowest BCUT2D eigenvalue weighted by Crippen LogP contribution is -2.34. The first kappa shape index (κ1) is 100. The van der Waals surface area contributed by atoms with Gasteiger partial charge in [0.2, 0.25) is 11.9 Å². The van der Waals surface area contributed by atoms with Crippen LogP contribution in [0.3, 0.4) is 0 Å². The Kier molecular flexibility index (Phi) is 28.7. The fourth-order valence-corrected chi connectivity index (χ4v) is 22.0. The van der Waals surface area contributed by atoms with Gasteiger partial charge >= 0.3 is 69.7 Å². The van der Waals surface area contributed by atoms with Gasteiger partial charge in [0.05, 0.1) is 71.3 Å². The van der Waals surface area contributed by atoms with Crippen LogP contribution in [0.5, 0.6) is 0 Å². The number of phosphoric acid groups is 6. The third kappa shape index (κ3) is 22.8. The summed E-state index contributed by atoms with van der Waals surface area (Å²) in [5.41, 5.74) is 34.9. The molecule has 0 spiro atoms. The molecule has 7 fully saturated rings. The summed E-state index contributed by atoms with van der Waals surface area (Å²) in [7, 11) is -33.2. The predicted molar refractivity (Wildman–Crippen MR) is 458 cm³/mol. The minimum Gasteiger partial charge on any atom is -0.394 e. The van der Waals surface area contributed by atoms with Gasteiger partial charge in [-0.1, -0.05) is 0 Å². The van der Waals surface area contributed by atoms with Crippen LogP contribution in [0.25, 0.3) is 33.5 Å². The summed E-state index contributed by atoms with van der Waals surface area (Å²) in [6.45, 7) is -5.63. The molecule has 72 heteroatoms. The molecule has 0 amide bonds. The number of aliphatic hydroxyl groups is 1. The van der Waals surface area contributed by atoms with Gasteiger partial charge in [-0.3, -0.25) is 116 Å². The molecule has 66 nitrogen and oxygen atoms in total. The molecule has 139 heavy (non-hydrogen) atoms. The van der Waals surface area contributed by atoms with E-state index in [4.69, 9.17) is 128 Å². The topological polar surface area (TPSA) is 932 Å². The first-order chi connectivity index (χ1) is 65.7. The molecular weight excluding hydrogens is 1990 g/mol. The van der Waals surface area contributed by atoms with Gasteiger partial charge in [-0.15, -0.1) is 0 Å². The Labute approximate surface area is 772 Å². The Hall–Kier alpha value is -10.3. The largest absolute Gasteiger partial charge is 0.472 e. The summed E-state index contributed by atoms with van der Waals surface area (Å²) < 4.78 is 202. The number of H-pyrrole nitrogens is 3. The number of hydrogen-bond donors (Lipinski definition) is 17. The molecule has 24 N–H and O–H groups in total. The van der Waals surface area contributed by atoms with Crippen molar-refractivity contribution in [2.45, 2.75) is 181 Å². The third-order valence-corrected chi connectivity index (χ3v) is 28.8. The number of imidazole rings is 3. The molecule has 754 valence electrons. The maximum atomic E-state index is 14.6. The van der Waals surface area contributed by atoms with Gasteiger partial charge < -0.3 is 108 Å². The standard InChI is InChI=1S/C67H87N27O39P6/c1-27-15-91(67(102)87-59(27)96)45-8-28(68)36(122-45)17-115-134(103,104)132-34-14-51(94-26-79-54-58(94)84-63(74)86-61(54)98)127-41(34)22-120-138(111,112)131-32-12-48(90-7-4-44(71)82-66(90)101)125-39(32)20-118-139(113,114)133-33-13-49(92-24-77-52-55(72)75-23-76-56(52)92)126-40(33)21-119-137(109,110)130-31-11-47(89-6-3-43(70)81-65(89)100)124-38(31)19-117-136(107,108)129-30-10-46(88-5-2-42(69)80-64(88)99)123-37(30)18-116-135(105,106)128-29-9-50(121-35(29)16-95)93-25-78-53-57(93)83-62(73)85-60(53)97/h2-7,15,23-26,28-41,45-51,95H,8-14,16-22,68H2,1H3,(H,103,104)(H,105,106)(H,107,108)(H,109,110)(H,111,112)(H,113,114)(H2,69,80,99)(H2,70,81,100)(H2,71,82,101)(H2,72,75,76)(H,87,96,102)(H3,73,83,85,97)(H3,74,84,86,98)/t28-,29-,30-,31-,32-,33-,34-,35+,36+,37+,38+,39+,40+,41+,45+,46+,47+,48+,49+,50+,51+/m0/s1. The molecule has 0 radical (unpaired) electrons. The van der Waals surface area contributed by atoms with Crippen molar-refractivity contribution in [3.8, 4) is 0 Å². The molecule has 6 unspecified atom stereocenters. The van der Waals surface area contributed by atoms with Crippen LogP contribution in [0.2, 0.25) is 0 Å². The lowest BCUT2D eigenvalue weighted by Gasteiger charge is -2.26. The Morgan fingerprint density at radius 2 is 0.662 bits per heavy atom. The van der Waals surface area contributed by atoms with Crippen molar-refractivity contribution in [1.29, 1.82) is 0 Å². The molecule has 7 aliphatic rings. The first-order valence-corrected chi connectivity index (χ1v) is 50.4. The monoisotopic (exact) mass is 2080 g/mol. The van der Waals surface area contributed by atoms with Crippen LogP contribution >= 0.6 is 46.9 Å². The van der Waals surface area contributed by atoms with Crippen LogP contribution in [-0.4, -0.2) is 263 Å². The quantitative estimate of drug-likeness (QED) is 0.0167. The van der Waals surface area contributed by atoms with Gasteiger partial charge in [0.1, 0.15) is 146 Å². The number of rotatable bonds is 38. The minimum atomic E-state index is -5.68. The normalized spacial score (nSPS) is 29.9. The lowest BCUT2D eigenvalue weighted by molar-refractivity contribution is -0.0651. The SMILES string of the molecule is Cc1cn([C@H]2C[C@H](N)[C@@H](COP(=O)(O)O[C@H]3C[C@H](n4cnc5c(=O)[nH]c(N)nc54)O[C@@H]3COP(=O)(O)O[C@H]3C[C@H](n4ccc(N)nc4=O)O[C@@H]3COP(=O)(O)O[C@H]3C[C@H](n4cnc5c(N)ncnc54)O[C@@H]3COP(=O)(O)O[C@H]3C[C@H](n4ccc(N)nc4=O)O[C@@H]3COP(=O)(O)O[C@H]3C[C@H](n4ccc(N)nc4=O)O[C@@H]3COP(=O)(O)O[C@H]3C[C@H](n4cnc5c(=O)[nH]c(N)nc54)O[C@@H]3CO)O2)c(=O)[nH]c1=O. The highest BCUT2D eigenvalue weighted by molar-refractivity contribution is 7.48. The van der Waals surface area contributed by atoms with E-state index in [1.165, 1.54) is 57.7 Å². The number of phosphoric ester groups is 6. The molecule has 10 aromatic heterocycles. The predicted octanol–water partition coefficient (Wildman–Crippen LogP) is -3.44. The molecule has 17 rings (SSSR count). The second kappa shape index (κ2) is 39.9. The molecule has 0 aromatic carbocycles. The summed E-state index contributed by atoms with van der Waals surface area (Å²) in [6.07, 6.45) is -24.8. The Balaban J connectivity index is 0.570. The van der Waals surface area contributed by atoms with Crippen molar-refractivity contribution in [2.75, 3.05) is 80.7 Å². The fraction of sp³-hybridized carbons (Fsp3) is 0.537. The number of nitrogens with one attached hydrogen (secondary N) is 3. The number of anilines is 6. The smallest absolute Gasteiger partial charge is 0.394 e. The second-order valence-electron chi connectivity index (χ2n) is 32.1. The van der Waals surface area contributed by atoms with E-state index < -0.39 is 294 Å². The number of fused-ring (bicyclic) bond motifs is 3. The number of aliphatic hydroxyl groups excluding tert-OH is 1. The zero-order valence-electron chi connectivity index (χ0n) is 71.4. The lowest BCUT2D eigenvalue weighted by atomic mass is 10.1. The van der Waals surface area contributed by atoms with E-state index in [1.54, 1.807) is 0 Å². The average Bonchev–Trinajstić information content (AvgIpc) is 1.65. The highest BCUT2D eigenvalue weighted by Crippen LogP contribution is 2.58. The Morgan fingerprint density at radius 1 is 0.367 bits per heavy atom. The van der Waals surface area contributed by atoms with Gasteiger partial charge in [-0.05, 0) is 25.1 Å². The van der Waals surface area contributed by atoms with E-state index >= 15 is 0 Å². The molecule has 10 aromatic rings. The van der Waals surface area contributed by atoms with Crippen LogP contribution in [0.1, 0.15) is 94.1 Å². The molecule has 0 bridgehead atoms. The summed E-state index contributed by atoms with van der Waals surface area (Å²) in [5.74, 6) is -1.50. The molecule has 17 heterocycles. The number of nitrogens with zero attached hydrogens (tertiary/aromatic N) is 17. The zero-order valence-corrected chi connectivity index (χ0v) is 76.8. The fourth-order valence-electron chi connectivity index (χ4n) is 16.2. The van der Waals surface area contributed by atoms with Crippen molar-refractivity contribution < 1.29 is 149 Å². The Bertz CT molecular complexity index is 7070. The molecular formula is C67H87N27O39P6. The highest BCUT2D eigenvalue weighted by Gasteiger charge is 2.53. The number of aryl methyl sites for hydroxylation is 1. The van der Waals surface area contributed by atoms with Crippen molar-refractivity contribution in [2.24, 2.45) is 5.73 Å². The number of hydrogen-bond acceptors (Lipinski definition) is 50. The summed E-state index contributed by atoms with van der Waals surface area (Å²) in [6, 6.07) is 2.62. The van der Waals surface area contributed by atoms with Crippen LogP contribution in [0.4, 0.5) is 35.2 Å². The van der Waals surface area contributed by atoms with Crippen molar-refractivity contribution in [1.82, 2.24) is 96.8 Å². The molecule has 7 aliphatic heterocycles. The second-order valence-corrected chi connectivity index (χ2v) is 40.5. The van der Waals surface area contributed by atoms with Gasteiger partial charge in [0, 0.05) is 81.3 Å². The van der Waals surface area contributed by atoms with Crippen LogP contribution in [0.15, 0.2) is 102 Å². The van der Waals surface area contributed by atoms with E-state index in [9.17, 15) is 95.4 Å². The molecule has 0 saturated carbocycles. The minimum absolute atomic E-state index is 0.0156. The van der Waals surface area contributed by atoms with Crippen LogP contribution in [-0.2, 0) is 115 Å². The van der Waals surface area contributed by atoms with E-state index in [2.05, 4.69) is 64.8 Å². The Morgan fingerprint density at radius 3 is 1.00 bits per heavy atom. The molecule has 7 saturated heterocycles. The summed E-state index contributed by atoms with van der Waals surface area (Å²) in [4.78, 5) is 206. The van der Waals surface area contributed by atoms with E-state index in [1.807, 2.05) is 0 Å². The number of ether oxygens (including phenoxy) is 7. The zero-order chi connectivity index (χ0) is 99.0. The van der Waals surface area contributed by atoms with E-state index in [0.29, 0.717) is 0 Å². The number of nitrogens with two attached hydrogens (primary N) is 7. The maximum Gasteiger partial charge on any atom is 0.472 e. The van der Waals surface area contributed by atoms with Gasteiger partial charge in [-0.25, -0.2) is 71.5 Å². The van der Waals surface area contributed by atoms with Crippen LogP contribution in [0, 0.1) is 6.92 Å². The van der Waals surface area contributed by atoms with Crippen LogP contribution < -0.4 is 79.6 Å². The highest BCUT2D eigenvalue weighted by atomic mass is 31.2. The van der Waals surface area contributed by atoms with E-state index in [-0.39, 0.29) is 87.1 Å². The number of aromatic amines is 3. The maximum absolute atomic E-state index is 14.6. The van der Waals surface area contributed by atoms with Gasteiger partial charge in [0.15, 0.2) is 33.8 Å². The van der Waals surface area contributed by atoms with Crippen molar-refractivity contribution in [3.63, 3.8) is 0 Å².